The van der Waals surface area contributed by atoms with Crippen LogP contribution in [0.1, 0.15) is 41.0 Å². The molecule has 0 bridgehead atoms. The summed E-state index contributed by atoms with van der Waals surface area (Å²) < 4.78 is 5.33. The van der Waals surface area contributed by atoms with Gasteiger partial charge in [-0.2, -0.15) is 0 Å². The van der Waals surface area contributed by atoms with E-state index >= 15 is 0 Å². The minimum Gasteiger partial charge on any atom is -0.371 e. The van der Waals surface area contributed by atoms with Crippen molar-refractivity contribution in [3.05, 3.63) is 0 Å². The van der Waals surface area contributed by atoms with Crippen molar-refractivity contribution >= 4 is 5.78 Å². The Morgan fingerprint density at radius 3 is 2.25 bits per heavy atom. The lowest BCUT2D eigenvalue weighted by molar-refractivity contribution is -0.137. The van der Waals surface area contributed by atoms with Crippen LogP contribution in [0.5, 0.6) is 0 Å². The van der Waals surface area contributed by atoms with Gasteiger partial charge in [0.2, 0.25) is 0 Å². The molecule has 0 aromatic heterocycles. The van der Waals surface area contributed by atoms with Gasteiger partial charge in [-0.3, -0.25) is 4.79 Å². The Kier molecular flexibility index (Phi) is 4.46. The zero-order chi connectivity index (χ0) is 9.78. The lowest BCUT2D eigenvalue weighted by Gasteiger charge is -2.21. The number of carbonyl (C=O) groups is 1. The van der Waals surface area contributed by atoms with Gasteiger partial charge in [-0.25, -0.2) is 0 Å². The molecule has 0 saturated heterocycles. The smallest absolute Gasteiger partial charge is 0.166 e. The first-order valence-corrected chi connectivity index (χ1v) is 4.55. The Labute approximate surface area is 75.3 Å². The molecule has 2 nitrogen and oxygen atoms in total. The molecular weight excluding hydrogens is 152 g/mol. The van der Waals surface area contributed by atoms with E-state index in [2.05, 4.69) is 0 Å². The van der Waals surface area contributed by atoms with Gasteiger partial charge in [0.1, 0.15) is 6.10 Å². The van der Waals surface area contributed by atoms with Crippen LogP contribution in [-0.2, 0) is 9.53 Å². The maximum atomic E-state index is 11.5. The molecular formula is C10H20O2. The van der Waals surface area contributed by atoms with Crippen molar-refractivity contribution in [2.75, 3.05) is 6.61 Å². The summed E-state index contributed by atoms with van der Waals surface area (Å²) in [7, 11) is 0. The van der Waals surface area contributed by atoms with Crippen molar-refractivity contribution < 1.29 is 9.53 Å². The first kappa shape index (κ1) is 11.6. The number of Topliss-reactive ketones (excluding diaryl/α,β-unsaturated/α-hetero) is 1. The van der Waals surface area contributed by atoms with Crippen LogP contribution in [-0.4, -0.2) is 18.5 Å². The normalized spacial score (nSPS) is 14.4. The average Bonchev–Trinajstić information content (AvgIpc) is 1.97. The van der Waals surface area contributed by atoms with Crippen LogP contribution in [0.3, 0.4) is 0 Å². The summed E-state index contributed by atoms with van der Waals surface area (Å²) in [6, 6.07) is 0. The van der Waals surface area contributed by atoms with Crippen LogP contribution in [0.2, 0.25) is 0 Å². The molecule has 1 unspecified atom stereocenters. The fourth-order valence-electron chi connectivity index (χ4n) is 0.980. The zero-order valence-corrected chi connectivity index (χ0v) is 8.81. The van der Waals surface area contributed by atoms with Crippen LogP contribution in [0.4, 0.5) is 0 Å². The number of rotatable bonds is 4. The predicted octanol–water partition coefficient (Wildman–Crippen LogP) is 2.42. The molecule has 0 saturated carbocycles. The van der Waals surface area contributed by atoms with Gasteiger partial charge >= 0.3 is 0 Å². The van der Waals surface area contributed by atoms with E-state index in [9.17, 15) is 4.79 Å². The standard InChI is InChI=1S/C10H20O2/c1-6-7-12-8(2)9(11)10(3,4)5/h8H,6-7H2,1-5H3. The Morgan fingerprint density at radius 2 is 1.92 bits per heavy atom. The molecule has 0 aliphatic carbocycles. The van der Waals surface area contributed by atoms with E-state index in [4.69, 9.17) is 4.74 Å². The quantitative estimate of drug-likeness (QED) is 0.651. The molecule has 0 heterocycles. The molecule has 0 aromatic carbocycles. The lowest BCUT2D eigenvalue weighted by atomic mass is 9.88. The van der Waals surface area contributed by atoms with Gasteiger partial charge in [-0.15, -0.1) is 0 Å². The van der Waals surface area contributed by atoms with Crippen LogP contribution in [0, 0.1) is 5.41 Å². The molecule has 0 amide bonds. The summed E-state index contributed by atoms with van der Waals surface area (Å²) in [6.07, 6.45) is 0.701. The van der Waals surface area contributed by atoms with Crippen molar-refractivity contribution in [3.63, 3.8) is 0 Å². The largest absolute Gasteiger partial charge is 0.371 e. The van der Waals surface area contributed by atoms with Crippen molar-refractivity contribution in [2.24, 2.45) is 5.41 Å². The number of hydrogen-bond acceptors (Lipinski definition) is 2. The van der Waals surface area contributed by atoms with E-state index < -0.39 is 0 Å². The van der Waals surface area contributed by atoms with Crippen molar-refractivity contribution in [3.8, 4) is 0 Å². The minimum atomic E-state index is -0.285. The van der Waals surface area contributed by atoms with Gasteiger partial charge in [0.05, 0.1) is 0 Å². The molecule has 72 valence electrons. The average molecular weight is 172 g/mol. The SMILES string of the molecule is CCCOC(C)C(=O)C(C)(C)C. The third-order valence-corrected chi connectivity index (χ3v) is 1.68. The van der Waals surface area contributed by atoms with Crippen LogP contribution >= 0.6 is 0 Å². The van der Waals surface area contributed by atoms with E-state index in [0.717, 1.165) is 6.42 Å². The van der Waals surface area contributed by atoms with Gasteiger partial charge in [0.15, 0.2) is 5.78 Å². The topological polar surface area (TPSA) is 26.3 Å². The molecule has 0 N–H and O–H groups in total. The van der Waals surface area contributed by atoms with Crippen molar-refractivity contribution in [2.45, 2.75) is 47.1 Å². The Morgan fingerprint density at radius 1 is 1.42 bits per heavy atom. The second-order valence-electron chi connectivity index (χ2n) is 4.13. The van der Waals surface area contributed by atoms with Gasteiger partial charge in [-0.05, 0) is 13.3 Å². The van der Waals surface area contributed by atoms with Gasteiger partial charge in [0, 0.05) is 12.0 Å². The molecule has 0 rings (SSSR count). The molecule has 1 atom stereocenters. The molecule has 2 heteroatoms. The van der Waals surface area contributed by atoms with Gasteiger partial charge in [0.25, 0.3) is 0 Å². The maximum absolute atomic E-state index is 11.5. The summed E-state index contributed by atoms with van der Waals surface area (Å²) in [5.74, 6) is 0.177. The summed E-state index contributed by atoms with van der Waals surface area (Å²) in [4.78, 5) is 11.5. The van der Waals surface area contributed by atoms with E-state index in [-0.39, 0.29) is 17.3 Å². The molecule has 0 radical (unpaired) electrons. The third-order valence-electron chi connectivity index (χ3n) is 1.68. The fraction of sp³-hybridized carbons (Fsp3) is 0.900. The molecule has 0 spiro atoms. The second kappa shape index (κ2) is 4.61. The van der Waals surface area contributed by atoms with Crippen LogP contribution in [0.25, 0.3) is 0 Å². The number of ether oxygens (including phenoxy) is 1. The highest BCUT2D eigenvalue weighted by atomic mass is 16.5. The van der Waals surface area contributed by atoms with E-state index in [1.54, 1.807) is 0 Å². The summed E-state index contributed by atoms with van der Waals surface area (Å²) in [5, 5.41) is 0. The molecule has 0 aromatic rings. The Balaban J connectivity index is 3.94. The lowest BCUT2D eigenvalue weighted by Crippen LogP contribution is -2.32. The molecule has 0 fully saturated rings. The highest BCUT2D eigenvalue weighted by Gasteiger charge is 2.26. The fourth-order valence-corrected chi connectivity index (χ4v) is 0.980. The van der Waals surface area contributed by atoms with E-state index in [1.165, 1.54) is 0 Å². The Hall–Kier alpha value is -0.370. The highest BCUT2D eigenvalue weighted by molar-refractivity contribution is 5.87. The first-order valence-electron chi connectivity index (χ1n) is 4.55. The predicted molar refractivity (Wildman–Crippen MR) is 50.2 cm³/mol. The van der Waals surface area contributed by atoms with E-state index in [1.807, 2.05) is 34.6 Å². The summed E-state index contributed by atoms with van der Waals surface area (Å²) in [6.45, 7) is 10.3. The summed E-state index contributed by atoms with van der Waals surface area (Å²) >= 11 is 0. The maximum Gasteiger partial charge on any atom is 0.166 e. The van der Waals surface area contributed by atoms with Gasteiger partial charge < -0.3 is 4.74 Å². The van der Waals surface area contributed by atoms with Crippen LogP contribution in [0.15, 0.2) is 0 Å². The monoisotopic (exact) mass is 172 g/mol. The van der Waals surface area contributed by atoms with Crippen molar-refractivity contribution in [1.82, 2.24) is 0 Å². The molecule has 12 heavy (non-hydrogen) atoms. The van der Waals surface area contributed by atoms with E-state index in [0.29, 0.717) is 6.61 Å². The Bertz CT molecular complexity index is 144. The molecule has 0 aliphatic heterocycles. The number of carbonyl (C=O) groups excluding carboxylic acids is 1. The highest BCUT2D eigenvalue weighted by Crippen LogP contribution is 2.18. The second-order valence-corrected chi connectivity index (χ2v) is 4.13. The van der Waals surface area contributed by atoms with Crippen molar-refractivity contribution in [1.29, 1.82) is 0 Å². The number of ketones is 1. The third kappa shape index (κ3) is 3.86. The molecule has 0 aliphatic rings. The minimum absolute atomic E-state index is 0.177. The number of hydrogen-bond donors (Lipinski definition) is 0. The van der Waals surface area contributed by atoms with Gasteiger partial charge in [-0.1, -0.05) is 27.7 Å². The summed E-state index contributed by atoms with van der Waals surface area (Å²) in [5.41, 5.74) is -0.285. The van der Waals surface area contributed by atoms with Crippen LogP contribution < -0.4 is 0 Å². The zero-order valence-electron chi connectivity index (χ0n) is 8.81. The first-order chi connectivity index (χ1) is 5.39.